The van der Waals surface area contributed by atoms with Gasteiger partial charge in [0.25, 0.3) is 5.91 Å². The van der Waals surface area contributed by atoms with Crippen molar-refractivity contribution in [1.29, 1.82) is 0 Å². The molecule has 4 rings (SSSR count). The smallest absolute Gasteiger partial charge is 0.270 e. The third-order valence-electron chi connectivity index (χ3n) is 7.48. The van der Waals surface area contributed by atoms with E-state index in [9.17, 15) is 14.4 Å². The van der Waals surface area contributed by atoms with E-state index in [0.29, 0.717) is 63.9 Å². The van der Waals surface area contributed by atoms with Crippen LogP contribution in [0.1, 0.15) is 53.9 Å². The van der Waals surface area contributed by atoms with E-state index in [1.807, 2.05) is 43.9 Å². The molecule has 0 spiro atoms. The van der Waals surface area contributed by atoms with Gasteiger partial charge in [-0.3, -0.25) is 14.4 Å². The number of carbonyl (C=O) groups is 3. The molecule has 216 valence electrons. The summed E-state index contributed by atoms with van der Waals surface area (Å²) in [6, 6.07) is 5.67. The lowest BCUT2D eigenvalue weighted by Gasteiger charge is -2.39. The molecule has 0 bridgehead atoms. The molecule has 1 saturated heterocycles. The van der Waals surface area contributed by atoms with E-state index >= 15 is 0 Å². The minimum Gasteiger partial charge on any atom is -0.476 e. The molecule has 3 aliphatic rings. The second-order valence-corrected chi connectivity index (χ2v) is 11.2. The Hall–Kier alpha value is -2.69. The highest BCUT2D eigenvalue weighted by molar-refractivity contribution is 6.04. The number of hydrogen-bond donors (Lipinski definition) is 2. The van der Waals surface area contributed by atoms with Gasteiger partial charge in [-0.2, -0.15) is 0 Å². The zero-order valence-electron chi connectivity index (χ0n) is 24.0. The molecule has 0 radical (unpaired) electrons. The van der Waals surface area contributed by atoms with Crippen molar-refractivity contribution in [2.45, 2.75) is 71.6 Å². The van der Waals surface area contributed by atoms with Crippen LogP contribution in [-0.4, -0.2) is 81.5 Å². The molecule has 2 N–H and O–H groups in total. The lowest BCUT2D eigenvalue weighted by molar-refractivity contribution is -0.133. The van der Waals surface area contributed by atoms with Crippen molar-refractivity contribution < 1.29 is 28.6 Å². The second-order valence-electron chi connectivity index (χ2n) is 11.2. The van der Waals surface area contributed by atoms with E-state index in [-0.39, 0.29) is 41.6 Å². The van der Waals surface area contributed by atoms with Gasteiger partial charge < -0.3 is 34.6 Å². The molecule has 2 fully saturated rings. The summed E-state index contributed by atoms with van der Waals surface area (Å²) in [6.07, 6.45) is 2.35. The van der Waals surface area contributed by atoms with Gasteiger partial charge in [0.15, 0.2) is 5.60 Å². The fraction of sp³-hybridized carbons (Fsp3) is 0.690. The van der Waals surface area contributed by atoms with E-state index in [1.54, 1.807) is 18.7 Å². The van der Waals surface area contributed by atoms with Crippen molar-refractivity contribution in [3.63, 3.8) is 0 Å². The number of piperidine rings is 1. The number of amides is 3. The summed E-state index contributed by atoms with van der Waals surface area (Å²) in [5.41, 5.74) is 0.406. The van der Waals surface area contributed by atoms with E-state index in [4.69, 9.17) is 14.2 Å². The standard InChI is InChI=1S/C29H44N4O6/c1-6-37-13-12-32-24-15-23(10-11-25(24)39-29(4,5)28(32)36)33(22-8-9-22)27(35)21-14-20(16-30-17-21)26(34)31-19(3)18-38-7-2/h10-11,15,19-22,30H,6-9,12-14,16-18H2,1-5H3,(H,31,34)/t19?,20-,21+/m0/s1. The number of nitrogens with one attached hydrogen (secondary N) is 2. The maximum absolute atomic E-state index is 13.9. The molecule has 39 heavy (non-hydrogen) atoms. The van der Waals surface area contributed by atoms with Gasteiger partial charge in [0.1, 0.15) is 5.75 Å². The highest BCUT2D eigenvalue weighted by Crippen LogP contribution is 2.42. The summed E-state index contributed by atoms with van der Waals surface area (Å²) in [5, 5.41) is 6.32. The van der Waals surface area contributed by atoms with Gasteiger partial charge >= 0.3 is 0 Å². The Morgan fingerprint density at radius 2 is 1.90 bits per heavy atom. The summed E-state index contributed by atoms with van der Waals surface area (Å²) in [6.45, 7) is 12.8. The van der Waals surface area contributed by atoms with Crippen molar-refractivity contribution in [3.05, 3.63) is 18.2 Å². The fourth-order valence-electron chi connectivity index (χ4n) is 5.30. The average Bonchev–Trinajstić information content (AvgIpc) is 3.75. The summed E-state index contributed by atoms with van der Waals surface area (Å²) < 4.78 is 17.0. The Balaban J connectivity index is 1.52. The number of nitrogens with zero attached hydrogens (tertiary/aromatic N) is 2. The number of benzene rings is 1. The van der Waals surface area contributed by atoms with Gasteiger partial charge in [0.2, 0.25) is 11.8 Å². The maximum Gasteiger partial charge on any atom is 0.270 e. The third kappa shape index (κ3) is 6.91. The molecular formula is C29H44N4O6. The first-order valence-corrected chi connectivity index (χ1v) is 14.3. The van der Waals surface area contributed by atoms with Crippen LogP contribution in [0.5, 0.6) is 5.75 Å². The molecule has 10 nitrogen and oxygen atoms in total. The van der Waals surface area contributed by atoms with Gasteiger partial charge in [-0.1, -0.05) is 0 Å². The Kier molecular flexibility index (Phi) is 9.51. The summed E-state index contributed by atoms with van der Waals surface area (Å²) >= 11 is 0. The highest BCUT2D eigenvalue weighted by atomic mass is 16.5. The molecule has 10 heteroatoms. The second kappa shape index (κ2) is 12.7. The van der Waals surface area contributed by atoms with Crippen LogP contribution < -0.4 is 25.2 Å². The van der Waals surface area contributed by atoms with Crippen LogP contribution in [0.3, 0.4) is 0 Å². The quantitative estimate of drug-likeness (QED) is 0.389. The molecular weight excluding hydrogens is 500 g/mol. The van der Waals surface area contributed by atoms with Crippen molar-refractivity contribution in [3.8, 4) is 5.75 Å². The van der Waals surface area contributed by atoms with E-state index in [0.717, 1.165) is 18.5 Å². The molecule has 1 aromatic rings. The van der Waals surface area contributed by atoms with Crippen LogP contribution in [0, 0.1) is 11.8 Å². The van der Waals surface area contributed by atoms with Crippen molar-refractivity contribution in [2.75, 3.05) is 55.9 Å². The van der Waals surface area contributed by atoms with Gasteiger partial charge in [-0.25, -0.2) is 0 Å². The number of carbonyl (C=O) groups excluding carboxylic acids is 3. The van der Waals surface area contributed by atoms with Crippen LogP contribution in [0.4, 0.5) is 11.4 Å². The zero-order chi connectivity index (χ0) is 28.2. The first-order chi connectivity index (χ1) is 18.7. The number of rotatable bonds is 12. The monoisotopic (exact) mass is 544 g/mol. The van der Waals surface area contributed by atoms with Gasteiger partial charge in [0.05, 0.1) is 30.7 Å². The minimum absolute atomic E-state index is 0.00839. The van der Waals surface area contributed by atoms with Crippen molar-refractivity contribution >= 4 is 29.1 Å². The van der Waals surface area contributed by atoms with Crippen molar-refractivity contribution in [2.24, 2.45) is 11.8 Å². The number of anilines is 2. The normalized spacial score (nSPS) is 23.0. The predicted molar refractivity (Wildman–Crippen MR) is 149 cm³/mol. The predicted octanol–water partition coefficient (Wildman–Crippen LogP) is 2.49. The molecule has 1 saturated carbocycles. The largest absolute Gasteiger partial charge is 0.476 e. The summed E-state index contributed by atoms with van der Waals surface area (Å²) in [7, 11) is 0. The zero-order valence-corrected chi connectivity index (χ0v) is 24.0. The van der Waals surface area contributed by atoms with Crippen LogP contribution in [-0.2, 0) is 23.9 Å². The molecule has 1 aromatic carbocycles. The number of hydrogen-bond acceptors (Lipinski definition) is 7. The van der Waals surface area contributed by atoms with E-state index in [1.165, 1.54) is 0 Å². The van der Waals surface area contributed by atoms with Crippen LogP contribution in [0.15, 0.2) is 18.2 Å². The van der Waals surface area contributed by atoms with Crippen LogP contribution in [0.25, 0.3) is 0 Å². The first kappa shape index (κ1) is 29.3. The molecule has 2 heterocycles. The molecule has 1 unspecified atom stereocenters. The molecule has 3 amide bonds. The minimum atomic E-state index is -0.990. The summed E-state index contributed by atoms with van der Waals surface area (Å²) in [4.78, 5) is 43.7. The Bertz CT molecular complexity index is 1040. The lowest BCUT2D eigenvalue weighted by atomic mass is 9.88. The Labute approximate surface area is 231 Å². The molecule has 2 aliphatic heterocycles. The molecule has 1 aliphatic carbocycles. The summed E-state index contributed by atoms with van der Waals surface area (Å²) in [5.74, 6) is -0.181. The maximum atomic E-state index is 13.9. The Morgan fingerprint density at radius 3 is 2.59 bits per heavy atom. The number of fused-ring (bicyclic) bond motifs is 1. The van der Waals surface area contributed by atoms with Crippen LogP contribution >= 0.6 is 0 Å². The fourth-order valence-corrected chi connectivity index (χ4v) is 5.30. The topological polar surface area (TPSA) is 109 Å². The van der Waals surface area contributed by atoms with E-state index in [2.05, 4.69) is 10.6 Å². The number of ether oxygens (including phenoxy) is 3. The first-order valence-electron chi connectivity index (χ1n) is 14.3. The van der Waals surface area contributed by atoms with Crippen molar-refractivity contribution in [1.82, 2.24) is 10.6 Å². The van der Waals surface area contributed by atoms with Gasteiger partial charge in [-0.05, 0) is 72.1 Å². The molecule has 0 aromatic heterocycles. The van der Waals surface area contributed by atoms with E-state index < -0.39 is 5.60 Å². The highest BCUT2D eigenvalue weighted by Gasteiger charge is 2.43. The average molecular weight is 545 g/mol. The third-order valence-corrected chi connectivity index (χ3v) is 7.48. The lowest BCUT2D eigenvalue weighted by Crippen LogP contribution is -2.53. The van der Waals surface area contributed by atoms with Crippen LogP contribution in [0.2, 0.25) is 0 Å². The Morgan fingerprint density at radius 1 is 1.18 bits per heavy atom. The van der Waals surface area contributed by atoms with Gasteiger partial charge in [-0.15, -0.1) is 0 Å². The molecule has 3 atom stereocenters. The van der Waals surface area contributed by atoms with Gasteiger partial charge in [0, 0.05) is 50.6 Å². The SMILES string of the molecule is CCOCCN1C(=O)C(C)(C)Oc2ccc(N(C(=O)[C@H]3CNC[C@@H](C(=O)NC(C)COCC)C3)C3CC3)cc21.